The molecule has 0 unspecified atom stereocenters. The van der Waals surface area contributed by atoms with Crippen molar-refractivity contribution in [3.63, 3.8) is 0 Å². The third-order valence-electron chi connectivity index (χ3n) is 2.89. The van der Waals surface area contributed by atoms with Gasteiger partial charge >= 0.3 is 0 Å². The zero-order chi connectivity index (χ0) is 14.1. The van der Waals surface area contributed by atoms with Crippen LogP contribution in [-0.4, -0.2) is 28.2 Å². The van der Waals surface area contributed by atoms with Crippen LogP contribution in [0.1, 0.15) is 0 Å². The summed E-state index contributed by atoms with van der Waals surface area (Å²) in [7, 11) is 1.52. The van der Waals surface area contributed by atoms with Crippen LogP contribution in [0, 0.1) is 0 Å². The van der Waals surface area contributed by atoms with E-state index >= 15 is 0 Å². The lowest BCUT2D eigenvalue weighted by atomic mass is 10.1. The van der Waals surface area contributed by atoms with Gasteiger partial charge in [0.15, 0.2) is 5.69 Å². The van der Waals surface area contributed by atoms with Gasteiger partial charge in [0.25, 0.3) is 5.88 Å². The van der Waals surface area contributed by atoms with Gasteiger partial charge in [-0.05, 0) is 24.3 Å². The Kier molecular flexibility index (Phi) is 2.83. The average Bonchev–Trinajstić information content (AvgIpc) is 2.80. The van der Waals surface area contributed by atoms with E-state index in [9.17, 15) is 4.79 Å². The molecular weight excluding hydrogens is 256 g/mol. The number of allylic oxidation sites excluding steroid dienone is 3. The second kappa shape index (κ2) is 4.65. The predicted molar refractivity (Wildman–Crippen MR) is 75.3 cm³/mol. The Morgan fingerprint density at radius 1 is 1.35 bits per heavy atom. The third kappa shape index (κ3) is 1.97. The number of ketones is 1. The molecule has 2 aromatic heterocycles. The molecule has 0 atom stereocenters. The quantitative estimate of drug-likeness (QED) is 0.834. The molecule has 0 saturated heterocycles. The summed E-state index contributed by atoms with van der Waals surface area (Å²) in [6.07, 6.45) is 6.36. The van der Waals surface area contributed by atoms with Crippen LogP contribution in [0.25, 0.3) is 5.52 Å². The van der Waals surface area contributed by atoms with Gasteiger partial charge in [0.1, 0.15) is 5.71 Å². The second-order valence-corrected chi connectivity index (χ2v) is 4.23. The van der Waals surface area contributed by atoms with Gasteiger partial charge in [-0.2, -0.15) is 0 Å². The highest BCUT2D eigenvalue weighted by atomic mass is 16.5. The Morgan fingerprint density at radius 2 is 2.20 bits per heavy atom. The maximum absolute atomic E-state index is 11.9. The Bertz CT molecular complexity index is 784. The molecule has 2 N–H and O–H groups in total. The Labute approximate surface area is 114 Å². The number of hydrogen-bond donors (Lipinski definition) is 1. The van der Waals surface area contributed by atoms with E-state index < -0.39 is 0 Å². The molecule has 0 aromatic carbocycles. The van der Waals surface area contributed by atoms with E-state index in [4.69, 9.17) is 10.5 Å². The normalized spacial score (nSPS) is 16.8. The van der Waals surface area contributed by atoms with Crippen molar-refractivity contribution in [3.8, 4) is 5.88 Å². The van der Waals surface area contributed by atoms with Crippen molar-refractivity contribution in [1.29, 1.82) is 0 Å². The summed E-state index contributed by atoms with van der Waals surface area (Å²) in [5.74, 6) is 0.134. The number of pyridine rings is 1. The molecule has 1 aliphatic rings. The molecule has 6 nitrogen and oxygen atoms in total. The minimum atomic E-state index is -0.234. The fourth-order valence-corrected chi connectivity index (χ4v) is 1.95. The van der Waals surface area contributed by atoms with E-state index in [-0.39, 0.29) is 5.78 Å². The largest absolute Gasteiger partial charge is 0.478 e. The summed E-state index contributed by atoms with van der Waals surface area (Å²) in [6.45, 7) is 0. The SMILES string of the molecule is COc1nn2ccccc2c1N=C1C=CC(N)=CC1=O. The van der Waals surface area contributed by atoms with Crippen molar-refractivity contribution in [2.75, 3.05) is 7.11 Å². The van der Waals surface area contributed by atoms with Crippen LogP contribution in [0.15, 0.2) is 53.3 Å². The number of rotatable bonds is 2. The van der Waals surface area contributed by atoms with Crippen LogP contribution < -0.4 is 10.5 Å². The number of hydrogen-bond acceptors (Lipinski definition) is 5. The van der Waals surface area contributed by atoms with Gasteiger partial charge in [0, 0.05) is 18.0 Å². The number of nitrogens with two attached hydrogens (primary N) is 1. The zero-order valence-corrected chi connectivity index (χ0v) is 10.8. The van der Waals surface area contributed by atoms with Crippen molar-refractivity contribution in [2.45, 2.75) is 0 Å². The first-order chi connectivity index (χ1) is 9.69. The van der Waals surface area contributed by atoms with E-state index in [1.54, 1.807) is 22.9 Å². The highest BCUT2D eigenvalue weighted by Gasteiger charge is 2.16. The van der Waals surface area contributed by atoms with Gasteiger partial charge in [-0.25, -0.2) is 9.51 Å². The van der Waals surface area contributed by atoms with E-state index in [0.717, 1.165) is 5.52 Å². The fourth-order valence-electron chi connectivity index (χ4n) is 1.95. The summed E-state index contributed by atoms with van der Waals surface area (Å²) >= 11 is 0. The maximum Gasteiger partial charge on any atom is 0.259 e. The summed E-state index contributed by atoms with van der Waals surface area (Å²) in [5.41, 5.74) is 7.57. The molecule has 0 fully saturated rings. The lowest BCUT2D eigenvalue weighted by Crippen LogP contribution is -2.14. The van der Waals surface area contributed by atoms with E-state index in [1.165, 1.54) is 13.2 Å². The number of ether oxygens (including phenoxy) is 1. The summed E-state index contributed by atoms with van der Waals surface area (Å²) < 4.78 is 6.87. The first-order valence-corrected chi connectivity index (χ1v) is 5.98. The first kappa shape index (κ1) is 12.2. The highest BCUT2D eigenvalue weighted by Crippen LogP contribution is 2.31. The smallest absolute Gasteiger partial charge is 0.259 e. The molecule has 20 heavy (non-hydrogen) atoms. The van der Waals surface area contributed by atoms with Crippen molar-refractivity contribution in [3.05, 3.63) is 48.3 Å². The van der Waals surface area contributed by atoms with Crippen LogP contribution in [0.4, 0.5) is 5.69 Å². The van der Waals surface area contributed by atoms with Gasteiger partial charge in [0.2, 0.25) is 5.78 Å². The minimum Gasteiger partial charge on any atom is -0.478 e. The fraction of sp³-hybridized carbons (Fsp3) is 0.0714. The molecule has 6 heteroatoms. The van der Waals surface area contributed by atoms with E-state index in [1.807, 2.05) is 18.2 Å². The van der Waals surface area contributed by atoms with Crippen LogP contribution in [0.3, 0.4) is 0 Å². The van der Waals surface area contributed by atoms with Gasteiger partial charge in [-0.1, -0.05) is 6.07 Å². The number of aromatic nitrogens is 2. The number of methoxy groups -OCH3 is 1. The molecular formula is C14H12N4O2. The molecule has 0 saturated carbocycles. The summed E-state index contributed by atoms with van der Waals surface area (Å²) in [4.78, 5) is 16.2. The Hall–Kier alpha value is -2.89. The number of nitrogens with zero attached hydrogens (tertiary/aromatic N) is 3. The standard InChI is InChI=1S/C14H12N4O2/c1-20-14-13(11-4-2-3-7-18(11)17-14)16-10-6-5-9(15)8-12(10)19/h2-8H,15H2,1H3. The van der Waals surface area contributed by atoms with Gasteiger partial charge in [-0.15, -0.1) is 5.10 Å². The molecule has 1 aliphatic carbocycles. The molecule has 2 aromatic rings. The van der Waals surface area contributed by atoms with Gasteiger partial charge in [-0.3, -0.25) is 4.79 Å². The molecule has 0 radical (unpaired) electrons. The van der Waals surface area contributed by atoms with Gasteiger partial charge < -0.3 is 10.5 Å². The van der Waals surface area contributed by atoms with Crippen molar-refractivity contribution in [1.82, 2.24) is 9.61 Å². The van der Waals surface area contributed by atoms with E-state index in [0.29, 0.717) is 23.0 Å². The molecule has 100 valence electrons. The maximum atomic E-state index is 11.9. The van der Waals surface area contributed by atoms with Crippen LogP contribution >= 0.6 is 0 Å². The van der Waals surface area contributed by atoms with Crippen LogP contribution in [0.2, 0.25) is 0 Å². The molecule has 0 amide bonds. The average molecular weight is 268 g/mol. The Balaban J connectivity index is 2.15. The highest BCUT2D eigenvalue weighted by molar-refractivity contribution is 6.49. The molecule has 0 aliphatic heterocycles. The molecule has 2 heterocycles. The number of aliphatic imine (C=N–C) groups is 1. The van der Waals surface area contributed by atoms with Crippen LogP contribution in [0.5, 0.6) is 5.88 Å². The summed E-state index contributed by atoms with van der Waals surface area (Å²) in [5, 5.41) is 4.25. The minimum absolute atomic E-state index is 0.234. The van der Waals surface area contributed by atoms with Crippen molar-refractivity contribution < 1.29 is 9.53 Å². The molecule has 0 spiro atoms. The predicted octanol–water partition coefficient (Wildman–Crippen LogP) is 1.40. The molecule has 3 rings (SSSR count). The third-order valence-corrected chi connectivity index (χ3v) is 2.89. The number of carbonyl (C=O) groups is 1. The zero-order valence-electron chi connectivity index (χ0n) is 10.8. The molecule has 0 bridgehead atoms. The monoisotopic (exact) mass is 268 g/mol. The number of fused-ring (bicyclic) bond motifs is 1. The second-order valence-electron chi connectivity index (χ2n) is 4.23. The van der Waals surface area contributed by atoms with Crippen LogP contribution in [-0.2, 0) is 4.79 Å². The topological polar surface area (TPSA) is 82.0 Å². The van der Waals surface area contributed by atoms with E-state index in [2.05, 4.69) is 10.1 Å². The Morgan fingerprint density at radius 3 is 2.95 bits per heavy atom. The van der Waals surface area contributed by atoms with Crippen molar-refractivity contribution in [2.24, 2.45) is 10.7 Å². The van der Waals surface area contributed by atoms with Gasteiger partial charge in [0.05, 0.1) is 12.6 Å². The lowest BCUT2D eigenvalue weighted by molar-refractivity contribution is -0.108. The lowest BCUT2D eigenvalue weighted by Gasteiger charge is -2.03. The number of carbonyl (C=O) groups excluding carboxylic acids is 1. The van der Waals surface area contributed by atoms with Crippen molar-refractivity contribution >= 4 is 22.7 Å². The summed E-state index contributed by atoms with van der Waals surface area (Å²) in [6, 6.07) is 5.58. The first-order valence-electron chi connectivity index (χ1n) is 5.98.